The van der Waals surface area contributed by atoms with Crippen molar-refractivity contribution in [2.75, 3.05) is 24.6 Å². The number of benzene rings is 2. The second kappa shape index (κ2) is 12.3. The molecular formula is C33H40ClN3O6S. The Morgan fingerprint density at radius 3 is 2.80 bits per heavy atom. The smallest absolute Gasteiger partial charge is 0.405 e. The van der Waals surface area contributed by atoms with Crippen molar-refractivity contribution >= 4 is 39.3 Å². The first-order valence-corrected chi connectivity index (χ1v) is 17.5. The molecule has 2 heterocycles. The second-order valence-electron chi connectivity index (χ2n) is 12.7. The monoisotopic (exact) mass is 641 g/mol. The average Bonchev–Trinajstić information content (AvgIpc) is 3.11. The molecule has 9 nitrogen and oxygen atoms in total. The minimum atomic E-state index is -3.94. The fourth-order valence-corrected chi connectivity index (χ4v) is 9.18. The average molecular weight is 642 g/mol. The first-order chi connectivity index (χ1) is 21.1. The molecular weight excluding hydrogens is 602 g/mol. The lowest BCUT2D eigenvalue weighted by Gasteiger charge is -2.45. The Morgan fingerprint density at radius 1 is 1.20 bits per heavy atom. The third-order valence-corrected chi connectivity index (χ3v) is 12.2. The van der Waals surface area contributed by atoms with Crippen molar-refractivity contribution in [2.24, 2.45) is 17.6 Å². The molecule has 0 unspecified atom stereocenters. The number of primary amides is 1. The standard InChI is InChI=1S/C33H40ClN3O6S/c1-2-25-7-3-4-8-29(43-32(35)39)26-12-9-23(26)18-37-19-33(15-5-6-21-16-24(34)11-13-27(21)33)20-42-30-14-10-22(17-28(30)37)31(38)36-44(25,40)41/h4,8,10-11,13-14,16-17,23,25-26,29H,2-3,5-7,9,12,15,18-20H2,1H3,(H2,35,39)(H,36,38)/b8-4+/t23-,25+,26+,29-,33-/m0/s1. The summed E-state index contributed by atoms with van der Waals surface area (Å²) in [6.45, 7) is 3.56. The van der Waals surface area contributed by atoms with Crippen LogP contribution in [0.1, 0.15) is 73.4 Å². The number of nitrogens with one attached hydrogen (secondary N) is 1. The molecule has 44 heavy (non-hydrogen) atoms. The number of anilines is 1. The number of fused-ring (bicyclic) bond motifs is 4. The van der Waals surface area contributed by atoms with Gasteiger partial charge < -0.3 is 20.1 Å². The zero-order valence-corrected chi connectivity index (χ0v) is 26.5. The summed E-state index contributed by atoms with van der Waals surface area (Å²) in [5.41, 5.74) is 8.65. The lowest BCUT2D eigenvalue weighted by atomic mass is 9.68. The van der Waals surface area contributed by atoms with Crippen molar-refractivity contribution in [3.05, 3.63) is 70.3 Å². The van der Waals surface area contributed by atoms with E-state index in [1.165, 1.54) is 11.1 Å². The third kappa shape index (κ3) is 6.03. The molecule has 6 rings (SSSR count). The Labute approximate surface area is 264 Å². The number of halogens is 1. The zero-order chi connectivity index (χ0) is 31.1. The second-order valence-corrected chi connectivity index (χ2v) is 15.1. The molecule has 236 valence electrons. The number of rotatable bonds is 2. The number of carbonyl (C=O) groups excluding carboxylic acids is 2. The summed E-state index contributed by atoms with van der Waals surface area (Å²) >= 11 is 6.39. The number of nitrogens with two attached hydrogens (primary N) is 1. The van der Waals surface area contributed by atoms with E-state index in [-0.39, 0.29) is 22.8 Å². The lowest BCUT2D eigenvalue weighted by Crippen LogP contribution is -2.50. The molecule has 3 N–H and O–H groups in total. The van der Waals surface area contributed by atoms with Crippen LogP contribution in [-0.2, 0) is 26.6 Å². The Bertz CT molecular complexity index is 1580. The van der Waals surface area contributed by atoms with Gasteiger partial charge in [0.25, 0.3) is 5.91 Å². The van der Waals surface area contributed by atoms with E-state index in [0.717, 1.165) is 37.8 Å². The topological polar surface area (TPSA) is 128 Å². The Morgan fingerprint density at radius 2 is 2.05 bits per heavy atom. The number of amides is 2. The van der Waals surface area contributed by atoms with Crippen molar-refractivity contribution < 1.29 is 27.5 Å². The summed E-state index contributed by atoms with van der Waals surface area (Å²) in [5, 5.41) is -0.0400. The molecule has 2 bridgehead atoms. The Hall–Kier alpha value is -3.24. The molecule has 0 aromatic heterocycles. The van der Waals surface area contributed by atoms with Crippen molar-refractivity contribution in [1.82, 2.24) is 4.72 Å². The normalized spacial score (nSPS) is 30.4. The van der Waals surface area contributed by atoms with Gasteiger partial charge in [0.1, 0.15) is 11.9 Å². The summed E-state index contributed by atoms with van der Waals surface area (Å²) < 4.78 is 41.0. The number of hydrogen-bond acceptors (Lipinski definition) is 7. The van der Waals surface area contributed by atoms with Crippen LogP contribution in [0.5, 0.6) is 5.75 Å². The maximum absolute atomic E-state index is 13.4. The highest BCUT2D eigenvalue weighted by Crippen LogP contribution is 2.47. The first kappa shape index (κ1) is 30.8. The van der Waals surface area contributed by atoms with E-state index >= 15 is 0 Å². The highest BCUT2D eigenvalue weighted by molar-refractivity contribution is 7.90. The minimum absolute atomic E-state index is 0.0601. The highest BCUT2D eigenvalue weighted by Gasteiger charge is 2.45. The molecule has 4 aliphatic rings. The predicted molar refractivity (Wildman–Crippen MR) is 170 cm³/mol. The Kier molecular flexibility index (Phi) is 8.58. The summed E-state index contributed by atoms with van der Waals surface area (Å²) in [5.74, 6) is 0.261. The van der Waals surface area contributed by atoms with Gasteiger partial charge in [-0.2, -0.15) is 0 Å². The van der Waals surface area contributed by atoms with Crippen LogP contribution in [0.3, 0.4) is 0 Å². The molecule has 1 spiro atoms. The summed E-state index contributed by atoms with van der Waals surface area (Å²) in [7, 11) is -3.94. The van der Waals surface area contributed by atoms with Crippen LogP contribution in [-0.4, -0.2) is 51.5 Å². The Balaban J connectivity index is 1.43. The molecule has 2 aliphatic heterocycles. The molecule has 1 fully saturated rings. The van der Waals surface area contributed by atoms with Gasteiger partial charge in [-0.1, -0.05) is 30.7 Å². The predicted octanol–water partition coefficient (Wildman–Crippen LogP) is 5.49. The number of ether oxygens (including phenoxy) is 2. The van der Waals surface area contributed by atoms with E-state index in [1.807, 2.05) is 18.2 Å². The largest absolute Gasteiger partial charge is 0.490 e. The molecule has 11 heteroatoms. The number of aryl methyl sites for hydroxylation is 1. The quantitative estimate of drug-likeness (QED) is 0.415. The molecule has 0 saturated heterocycles. The van der Waals surface area contributed by atoms with Gasteiger partial charge in [-0.25, -0.2) is 17.9 Å². The van der Waals surface area contributed by atoms with Gasteiger partial charge in [0.15, 0.2) is 0 Å². The number of hydrogen-bond donors (Lipinski definition) is 2. The van der Waals surface area contributed by atoms with Crippen molar-refractivity contribution in [3.8, 4) is 5.75 Å². The van der Waals surface area contributed by atoms with Crippen molar-refractivity contribution in [2.45, 2.75) is 75.1 Å². The van der Waals surface area contributed by atoms with Crippen LogP contribution in [0.2, 0.25) is 5.02 Å². The number of allylic oxidation sites excluding steroid dienone is 1. The van der Waals surface area contributed by atoms with Gasteiger partial charge in [-0.15, -0.1) is 0 Å². The van der Waals surface area contributed by atoms with Gasteiger partial charge >= 0.3 is 6.09 Å². The highest BCUT2D eigenvalue weighted by atomic mass is 35.5. The number of carbonyl (C=O) groups is 2. The number of sulfonamides is 1. The van der Waals surface area contributed by atoms with E-state index in [0.29, 0.717) is 49.7 Å². The zero-order valence-electron chi connectivity index (χ0n) is 25.0. The van der Waals surface area contributed by atoms with Gasteiger partial charge in [0, 0.05) is 35.0 Å². The van der Waals surface area contributed by atoms with E-state index in [2.05, 4.69) is 21.8 Å². The van der Waals surface area contributed by atoms with E-state index < -0.39 is 33.4 Å². The summed E-state index contributed by atoms with van der Waals surface area (Å²) in [6, 6.07) is 11.3. The van der Waals surface area contributed by atoms with Crippen molar-refractivity contribution in [1.29, 1.82) is 0 Å². The maximum Gasteiger partial charge on any atom is 0.405 e. The van der Waals surface area contributed by atoms with E-state index in [1.54, 1.807) is 25.1 Å². The van der Waals surface area contributed by atoms with Crippen LogP contribution in [0.25, 0.3) is 0 Å². The van der Waals surface area contributed by atoms with Crippen LogP contribution in [0.15, 0.2) is 48.6 Å². The summed E-state index contributed by atoms with van der Waals surface area (Å²) in [6.07, 6.45) is 8.24. The lowest BCUT2D eigenvalue weighted by molar-refractivity contribution is 0.0291. The molecule has 1 saturated carbocycles. The molecule has 0 radical (unpaired) electrons. The van der Waals surface area contributed by atoms with Gasteiger partial charge in [0.2, 0.25) is 10.0 Å². The van der Waals surface area contributed by atoms with Crippen LogP contribution >= 0.6 is 11.6 Å². The maximum atomic E-state index is 13.4. The van der Waals surface area contributed by atoms with Gasteiger partial charge in [-0.05, 0) is 105 Å². The third-order valence-electron chi connectivity index (χ3n) is 10.0. The minimum Gasteiger partial charge on any atom is -0.490 e. The van der Waals surface area contributed by atoms with Gasteiger partial charge in [-0.3, -0.25) is 4.79 Å². The fourth-order valence-electron chi connectivity index (χ4n) is 7.56. The molecule has 2 aromatic rings. The van der Waals surface area contributed by atoms with Crippen molar-refractivity contribution in [3.63, 3.8) is 0 Å². The van der Waals surface area contributed by atoms with Crippen LogP contribution < -0.4 is 20.1 Å². The van der Waals surface area contributed by atoms with E-state index in [9.17, 15) is 18.0 Å². The van der Waals surface area contributed by atoms with Crippen LogP contribution in [0.4, 0.5) is 10.5 Å². The number of nitrogens with zero attached hydrogens (tertiary/aromatic N) is 1. The molecule has 2 aromatic carbocycles. The molecule has 5 atom stereocenters. The SMILES string of the molecule is CC[C@@H]1CC/C=C/[C@H](OC(N)=O)[C@@H]2CC[C@H]2CN2C[C@@]3(CCCc4cc(Cl)ccc43)COc3ccc(cc32)C(=O)NS1(=O)=O. The molecule has 2 amide bonds. The fraction of sp³-hybridized carbons (Fsp3) is 0.515. The van der Waals surface area contributed by atoms with Crippen LogP contribution in [0, 0.1) is 11.8 Å². The first-order valence-electron chi connectivity index (χ1n) is 15.6. The van der Waals surface area contributed by atoms with Gasteiger partial charge in [0.05, 0.1) is 17.5 Å². The molecule has 2 aliphatic carbocycles. The summed E-state index contributed by atoms with van der Waals surface area (Å²) in [4.78, 5) is 27.6. The van der Waals surface area contributed by atoms with E-state index in [4.69, 9.17) is 26.8 Å².